The largest absolute Gasteiger partial charge is 0.339 e. The molecule has 148 valence electrons. The van der Waals surface area contributed by atoms with E-state index in [2.05, 4.69) is 15.2 Å². The highest BCUT2D eigenvalue weighted by atomic mass is 16.2. The molecule has 1 unspecified atom stereocenters. The van der Waals surface area contributed by atoms with Crippen LogP contribution in [0, 0.1) is 5.92 Å². The highest BCUT2D eigenvalue weighted by Gasteiger charge is 2.32. The fourth-order valence-electron chi connectivity index (χ4n) is 4.25. The van der Waals surface area contributed by atoms with Gasteiger partial charge >= 0.3 is 0 Å². The Labute approximate surface area is 165 Å². The SMILES string of the molecule is CN(Cc1n[nH]c2c1CCCC2)C(=O)C1CCC(=O)N(Cc2ccccn2)C1. The maximum Gasteiger partial charge on any atom is 0.227 e. The second-order valence-corrected chi connectivity index (χ2v) is 7.86. The average Bonchev–Trinajstić information content (AvgIpc) is 3.13. The Morgan fingerprint density at radius 3 is 2.96 bits per heavy atom. The predicted octanol–water partition coefficient (Wildman–Crippen LogP) is 2.08. The zero-order valence-corrected chi connectivity index (χ0v) is 16.4. The average molecular weight is 381 g/mol. The summed E-state index contributed by atoms with van der Waals surface area (Å²) in [7, 11) is 1.84. The Kier molecular flexibility index (Phi) is 5.41. The van der Waals surface area contributed by atoms with E-state index in [-0.39, 0.29) is 17.7 Å². The van der Waals surface area contributed by atoms with E-state index in [1.165, 1.54) is 24.1 Å². The van der Waals surface area contributed by atoms with Gasteiger partial charge in [0, 0.05) is 31.9 Å². The zero-order valence-electron chi connectivity index (χ0n) is 16.4. The summed E-state index contributed by atoms with van der Waals surface area (Å²) >= 11 is 0. The van der Waals surface area contributed by atoms with Gasteiger partial charge in [0.1, 0.15) is 0 Å². The van der Waals surface area contributed by atoms with Crippen LogP contribution in [0.5, 0.6) is 0 Å². The van der Waals surface area contributed by atoms with Gasteiger partial charge in [-0.3, -0.25) is 19.7 Å². The highest BCUT2D eigenvalue weighted by Crippen LogP contribution is 2.25. The first-order valence-corrected chi connectivity index (χ1v) is 10.1. The number of aromatic amines is 1. The lowest BCUT2D eigenvalue weighted by Crippen LogP contribution is -2.45. The number of nitrogens with zero attached hydrogens (tertiary/aromatic N) is 4. The summed E-state index contributed by atoms with van der Waals surface area (Å²) in [5, 5.41) is 7.60. The number of carbonyl (C=O) groups excluding carboxylic acids is 2. The first-order chi connectivity index (χ1) is 13.6. The number of hydrogen-bond acceptors (Lipinski definition) is 4. The van der Waals surface area contributed by atoms with Gasteiger partial charge in [-0.25, -0.2) is 0 Å². The van der Waals surface area contributed by atoms with Crippen molar-refractivity contribution >= 4 is 11.8 Å². The quantitative estimate of drug-likeness (QED) is 0.860. The molecule has 0 spiro atoms. The zero-order chi connectivity index (χ0) is 19.5. The third-order valence-corrected chi connectivity index (χ3v) is 5.83. The van der Waals surface area contributed by atoms with Gasteiger partial charge in [-0.15, -0.1) is 0 Å². The van der Waals surface area contributed by atoms with Crippen LogP contribution >= 0.6 is 0 Å². The van der Waals surface area contributed by atoms with Crippen LogP contribution < -0.4 is 0 Å². The fourth-order valence-corrected chi connectivity index (χ4v) is 4.25. The summed E-state index contributed by atoms with van der Waals surface area (Å²) in [5.41, 5.74) is 4.36. The molecule has 4 rings (SSSR count). The van der Waals surface area contributed by atoms with Crippen molar-refractivity contribution in [3.8, 4) is 0 Å². The number of aryl methyl sites for hydroxylation is 1. The van der Waals surface area contributed by atoms with Crippen molar-refractivity contribution in [2.45, 2.75) is 51.6 Å². The van der Waals surface area contributed by atoms with Gasteiger partial charge in [-0.1, -0.05) is 6.07 Å². The van der Waals surface area contributed by atoms with Crippen molar-refractivity contribution in [2.75, 3.05) is 13.6 Å². The van der Waals surface area contributed by atoms with E-state index in [0.717, 1.165) is 24.2 Å². The van der Waals surface area contributed by atoms with E-state index >= 15 is 0 Å². The Bertz CT molecular complexity index is 848. The molecule has 7 heteroatoms. The first kappa shape index (κ1) is 18.7. The van der Waals surface area contributed by atoms with Gasteiger partial charge in [0.05, 0.1) is 30.4 Å². The molecule has 1 aliphatic carbocycles. The van der Waals surface area contributed by atoms with E-state index in [1.54, 1.807) is 16.0 Å². The second kappa shape index (κ2) is 8.12. The molecule has 1 atom stereocenters. The summed E-state index contributed by atoms with van der Waals surface area (Å²) in [6, 6.07) is 5.68. The van der Waals surface area contributed by atoms with Crippen molar-refractivity contribution in [1.82, 2.24) is 25.0 Å². The van der Waals surface area contributed by atoms with E-state index in [1.807, 2.05) is 25.2 Å². The van der Waals surface area contributed by atoms with Gasteiger partial charge in [-0.2, -0.15) is 5.10 Å². The van der Waals surface area contributed by atoms with Gasteiger partial charge in [-0.05, 0) is 49.8 Å². The molecule has 7 nitrogen and oxygen atoms in total. The van der Waals surface area contributed by atoms with Gasteiger partial charge in [0.2, 0.25) is 11.8 Å². The number of H-pyrrole nitrogens is 1. The van der Waals surface area contributed by atoms with Gasteiger partial charge in [0.15, 0.2) is 0 Å². The van der Waals surface area contributed by atoms with Crippen LogP contribution in [-0.4, -0.2) is 50.4 Å². The number of fused-ring (bicyclic) bond motifs is 1. The van der Waals surface area contributed by atoms with E-state index in [9.17, 15) is 9.59 Å². The smallest absolute Gasteiger partial charge is 0.227 e. The summed E-state index contributed by atoms with van der Waals surface area (Å²) in [5.74, 6) is 0.0194. The standard InChI is InChI=1S/C21H27N5O2/c1-25(14-19-17-7-2-3-8-18(17)23-24-19)21(28)15-9-10-20(27)26(12-15)13-16-6-4-5-11-22-16/h4-6,11,15H,2-3,7-10,12-14H2,1H3,(H,23,24). The third kappa shape index (κ3) is 3.93. The number of nitrogens with one attached hydrogen (secondary N) is 1. The maximum absolute atomic E-state index is 13.0. The molecule has 1 saturated heterocycles. The van der Waals surface area contributed by atoms with Crippen molar-refractivity contribution < 1.29 is 9.59 Å². The number of pyridine rings is 1. The number of likely N-dealkylation sites (tertiary alicyclic amines) is 1. The van der Waals surface area contributed by atoms with E-state index < -0.39 is 0 Å². The maximum atomic E-state index is 13.0. The lowest BCUT2D eigenvalue weighted by Gasteiger charge is -2.33. The van der Waals surface area contributed by atoms with Crippen LogP contribution in [0.2, 0.25) is 0 Å². The number of rotatable bonds is 5. The normalized spacial score (nSPS) is 19.4. The van der Waals surface area contributed by atoms with Crippen molar-refractivity contribution in [2.24, 2.45) is 5.92 Å². The summed E-state index contributed by atoms with van der Waals surface area (Å²) < 4.78 is 0. The summed E-state index contributed by atoms with van der Waals surface area (Å²) in [6.07, 6.45) is 7.22. The molecule has 28 heavy (non-hydrogen) atoms. The minimum atomic E-state index is -0.166. The molecule has 0 aromatic carbocycles. The number of carbonyl (C=O) groups is 2. The van der Waals surface area contributed by atoms with E-state index in [4.69, 9.17) is 0 Å². The first-order valence-electron chi connectivity index (χ1n) is 10.1. The van der Waals surface area contributed by atoms with Crippen LogP contribution in [0.4, 0.5) is 0 Å². The van der Waals surface area contributed by atoms with Crippen LogP contribution in [0.3, 0.4) is 0 Å². The Morgan fingerprint density at radius 2 is 2.14 bits per heavy atom. The number of piperidine rings is 1. The molecule has 2 aliphatic rings. The Hall–Kier alpha value is -2.70. The summed E-state index contributed by atoms with van der Waals surface area (Å²) in [4.78, 5) is 33.2. The molecule has 2 aromatic heterocycles. The predicted molar refractivity (Wildman–Crippen MR) is 104 cm³/mol. The minimum absolute atomic E-state index is 0.0890. The highest BCUT2D eigenvalue weighted by molar-refractivity contribution is 5.83. The van der Waals surface area contributed by atoms with Gasteiger partial charge in [0.25, 0.3) is 0 Å². The van der Waals surface area contributed by atoms with Crippen LogP contribution in [0.15, 0.2) is 24.4 Å². The molecule has 1 fully saturated rings. The van der Waals surface area contributed by atoms with Gasteiger partial charge < -0.3 is 9.80 Å². The molecule has 2 aromatic rings. The van der Waals surface area contributed by atoms with Crippen LogP contribution in [-0.2, 0) is 35.5 Å². The van der Waals surface area contributed by atoms with Crippen LogP contribution in [0.25, 0.3) is 0 Å². The van der Waals surface area contributed by atoms with E-state index in [0.29, 0.717) is 32.5 Å². The summed E-state index contributed by atoms with van der Waals surface area (Å²) in [6.45, 7) is 1.44. The molecule has 0 radical (unpaired) electrons. The van der Waals surface area contributed by atoms with Crippen molar-refractivity contribution in [1.29, 1.82) is 0 Å². The Balaban J connectivity index is 1.39. The molecular formula is C21H27N5O2. The van der Waals surface area contributed by atoms with Crippen molar-refractivity contribution in [3.63, 3.8) is 0 Å². The Morgan fingerprint density at radius 1 is 1.29 bits per heavy atom. The monoisotopic (exact) mass is 381 g/mol. The lowest BCUT2D eigenvalue weighted by atomic mass is 9.94. The number of aromatic nitrogens is 3. The minimum Gasteiger partial charge on any atom is -0.339 e. The number of amides is 2. The molecule has 1 N–H and O–H groups in total. The molecule has 1 aliphatic heterocycles. The second-order valence-electron chi connectivity index (χ2n) is 7.86. The topological polar surface area (TPSA) is 82.2 Å². The lowest BCUT2D eigenvalue weighted by molar-refractivity contribution is -0.143. The number of hydrogen-bond donors (Lipinski definition) is 1. The molecular weight excluding hydrogens is 354 g/mol. The molecule has 0 saturated carbocycles. The molecule has 2 amide bonds. The fraction of sp³-hybridized carbons (Fsp3) is 0.524. The molecule has 3 heterocycles. The van der Waals surface area contributed by atoms with Crippen molar-refractivity contribution in [3.05, 3.63) is 47.0 Å². The molecule has 0 bridgehead atoms. The van der Waals surface area contributed by atoms with Crippen LogP contribution in [0.1, 0.15) is 48.3 Å². The third-order valence-electron chi connectivity index (χ3n) is 5.83.